The summed E-state index contributed by atoms with van der Waals surface area (Å²) < 4.78 is 32.2. The van der Waals surface area contributed by atoms with E-state index in [9.17, 15) is 8.42 Å². The van der Waals surface area contributed by atoms with Gasteiger partial charge in [0.25, 0.3) is 10.0 Å². The standard InChI is InChI=1S/C25H30N8O2S2/c1-17-10-20(36-25(17)37(34,35)32-8-3-4-9-32)13-27-23-24-28-14-22(19-12-29-31(2)15-19)33(24)16-21(30-23)18-6-5-7-26-11-18/h6,10,12,14-16,26H,3-5,7-9,11,13H2,1-2H3,(H,27,30). The van der Waals surface area contributed by atoms with Gasteiger partial charge in [0, 0.05) is 49.5 Å². The zero-order chi connectivity index (χ0) is 25.6. The van der Waals surface area contributed by atoms with Crippen LogP contribution < -0.4 is 10.6 Å². The van der Waals surface area contributed by atoms with Crippen LogP contribution in [0.4, 0.5) is 5.82 Å². The molecule has 0 atom stereocenters. The molecule has 2 aliphatic heterocycles. The highest BCUT2D eigenvalue weighted by Crippen LogP contribution is 2.32. The fourth-order valence-electron chi connectivity index (χ4n) is 4.96. The van der Waals surface area contributed by atoms with Gasteiger partial charge in [-0.25, -0.2) is 18.4 Å². The van der Waals surface area contributed by atoms with Gasteiger partial charge in [-0.05, 0) is 49.9 Å². The van der Waals surface area contributed by atoms with Gasteiger partial charge in [-0.15, -0.1) is 11.3 Å². The molecule has 0 radical (unpaired) electrons. The Bertz CT molecular complexity index is 1590. The van der Waals surface area contributed by atoms with Crippen molar-refractivity contribution >= 4 is 38.4 Å². The zero-order valence-corrected chi connectivity index (χ0v) is 22.6. The molecule has 0 unspecified atom stereocenters. The van der Waals surface area contributed by atoms with Crippen molar-refractivity contribution < 1.29 is 8.42 Å². The molecule has 0 spiro atoms. The Balaban J connectivity index is 1.34. The van der Waals surface area contributed by atoms with Crippen LogP contribution in [-0.4, -0.2) is 63.1 Å². The highest BCUT2D eigenvalue weighted by atomic mass is 32.2. The fraction of sp³-hybridized carbons (Fsp3) is 0.400. The van der Waals surface area contributed by atoms with Crippen molar-refractivity contribution in [3.05, 3.63) is 53.1 Å². The molecule has 0 saturated carbocycles. The van der Waals surface area contributed by atoms with Crippen molar-refractivity contribution in [2.45, 2.75) is 36.9 Å². The van der Waals surface area contributed by atoms with Gasteiger partial charge >= 0.3 is 0 Å². The smallest absolute Gasteiger partial charge is 0.252 e. The molecule has 37 heavy (non-hydrogen) atoms. The number of hydrogen-bond donors (Lipinski definition) is 2. The highest BCUT2D eigenvalue weighted by Gasteiger charge is 2.30. The lowest BCUT2D eigenvalue weighted by Crippen LogP contribution is -2.27. The van der Waals surface area contributed by atoms with Crippen molar-refractivity contribution in [3.8, 4) is 11.3 Å². The Hall–Kier alpha value is -3.06. The minimum Gasteiger partial charge on any atom is -0.362 e. The molecule has 1 saturated heterocycles. The first-order chi connectivity index (χ1) is 17.9. The Morgan fingerprint density at radius 3 is 2.76 bits per heavy atom. The van der Waals surface area contributed by atoms with Crippen LogP contribution >= 0.6 is 11.3 Å². The van der Waals surface area contributed by atoms with Crippen LogP contribution in [0.1, 0.15) is 35.4 Å². The van der Waals surface area contributed by atoms with Gasteiger partial charge in [0.2, 0.25) is 0 Å². The largest absolute Gasteiger partial charge is 0.362 e. The molecule has 1 fully saturated rings. The van der Waals surface area contributed by atoms with E-state index in [1.54, 1.807) is 8.99 Å². The van der Waals surface area contributed by atoms with E-state index in [1.807, 2.05) is 44.8 Å². The molecule has 2 N–H and O–H groups in total. The first-order valence-electron chi connectivity index (χ1n) is 12.5. The van der Waals surface area contributed by atoms with Gasteiger partial charge in [0.1, 0.15) is 4.21 Å². The monoisotopic (exact) mass is 538 g/mol. The number of rotatable bonds is 7. The van der Waals surface area contributed by atoms with Gasteiger partial charge in [-0.3, -0.25) is 9.08 Å². The number of fused-ring (bicyclic) bond motifs is 1. The summed E-state index contributed by atoms with van der Waals surface area (Å²) in [7, 11) is -1.55. The lowest BCUT2D eigenvalue weighted by Gasteiger charge is -2.16. The lowest BCUT2D eigenvalue weighted by molar-refractivity contribution is 0.479. The Labute approximate surface area is 220 Å². The van der Waals surface area contributed by atoms with Crippen LogP contribution in [0.3, 0.4) is 0 Å². The quantitative estimate of drug-likeness (QED) is 0.372. The first kappa shape index (κ1) is 24.3. The van der Waals surface area contributed by atoms with E-state index in [2.05, 4.69) is 31.2 Å². The number of imidazole rings is 1. The van der Waals surface area contributed by atoms with Crippen molar-refractivity contribution in [3.63, 3.8) is 0 Å². The minimum absolute atomic E-state index is 0.441. The highest BCUT2D eigenvalue weighted by molar-refractivity contribution is 7.91. The molecule has 0 aromatic carbocycles. The van der Waals surface area contributed by atoms with Gasteiger partial charge in [0.05, 0.1) is 30.3 Å². The maximum Gasteiger partial charge on any atom is 0.252 e. The summed E-state index contributed by atoms with van der Waals surface area (Å²) in [6, 6.07) is 1.96. The van der Waals surface area contributed by atoms with E-state index in [4.69, 9.17) is 4.98 Å². The number of thiophene rings is 1. The average molecular weight is 539 g/mol. The lowest BCUT2D eigenvalue weighted by atomic mass is 10.1. The summed E-state index contributed by atoms with van der Waals surface area (Å²) in [5, 5.41) is 11.2. The predicted molar refractivity (Wildman–Crippen MR) is 145 cm³/mol. The third kappa shape index (κ3) is 4.58. The average Bonchev–Trinajstić information content (AvgIpc) is 3.69. The van der Waals surface area contributed by atoms with Crippen LogP contribution in [0.15, 0.2) is 41.1 Å². The molecule has 6 heterocycles. The van der Waals surface area contributed by atoms with E-state index < -0.39 is 10.0 Å². The molecule has 10 nitrogen and oxygen atoms in total. The van der Waals surface area contributed by atoms with Crippen LogP contribution in [0, 0.1) is 6.92 Å². The molecular formula is C25H30N8O2S2. The van der Waals surface area contributed by atoms with E-state index in [-0.39, 0.29) is 0 Å². The molecule has 4 aromatic rings. The van der Waals surface area contributed by atoms with E-state index in [0.29, 0.717) is 35.3 Å². The van der Waals surface area contributed by atoms with E-state index >= 15 is 0 Å². The summed E-state index contributed by atoms with van der Waals surface area (Å²) in [5.74, 6) is 0.661. The third-order valence-corrected chi connectivity index (χ3v) is 10.6. The first-order valence-corrected chi connectivity index (χ1v) is 14.8. The SMILES string of the molecule is Cc1cc(CNc2nc(C3=CCCNC3)cn3c(-c4cnn(C)c4)cnc23)sc1S(=O)(=O)N1CCCC1. The maximum absolute atomic E-state index is 13.1. The zero-order valence-electron chi connectivity index (χ0n) is 20.9. The number of aryl methyl sites for hydroxylation is 2. The van der Waals surface area contributed by atoms with Crippen molar-refractivity contribution in [1.82, 2.24) is 33.8 Å². The summed E-state index contributed by atoms with van der Waals surface area (Å²) in [6.07, 6.45) is 12.7. The van der Waals surface area contributed by atoms with Gasteiger partial charge in [-0.1, -0.05) is 6.08 Å². The van der Waals surface area contributed by atoms with Crippen LogP contribution in [0.25, 0.3) is 22.5 Å². The Morgan fingerprint density at radius 1 is 1.19 bits per heavy atom. The number of sulfonamides is 1. The van der Waals surface area contributed by atoms with Gasteiger partial charge in [-0.2, -0.15) is 9.40 Å². The number of nitrogens with zero attached hydrogens (tertiary/aromatic N) is 6. The fourth-order valence-corrected chi connectivity index (χ4v) is 8.29. The molecule has 12 heteroatoms. The van der Waals surface area contributed by atoms with Gasteiger partial charge in [0.15, 0.2) is 11.5 Å². The van der Waals surface area contributed by atoms with Crippen molar-refractivity contribution in [2.24, 2.45) is 7.05 Å². The van der Waals surface area contributed by atoms with Crippen molar-refractivity contribution in [1.29, 1.82) is 0 Å². The summed E-state index contributed by atoms with van der Waals surface area (Å²) in [6.45, 7) is 5.26. The number of aromatic nitrogens is 5. The minimum atomic E-state index is -3.44. The summed E-state index contributed by atoms with van der Waals surface area (Å²) in [5.41, 5.74) is 5.44. The maximum atomic E-state index is 13.1. The van der Waals surface area contributed by atoms with Crippen molar-refractivity contribution in [2.75, 3.05) is 31.5 Å². The summed E-state index contributed by atoms with van der Waals surface area (Å²) in [4.78, 5) is 10.6. The molecule has 0 amide bonds. The summed E-state index contributed by atoms with van der Waals surface area (Å²) >= 11 is 1.34. The molecule has 0 bridgehead atoms. The second-order valence-electron chi connectivity index (χ2n) is 9.56. The third-order valence-electron chi connectivity index (χ3n) is 6.84. The molecule has 0 aliphatic carbocycles. The molecule has 6 rings (SSSR count). The molecule has 194 valence electrons. The number of anilines is 1. The number of nitrogens with one attached hydrogen (secondary N) is 2. The molecular weight excluding hydrogens is 508 g/mol. The Morgan fingerprint density at radius 2 is 2.03 bits per heavy atom. The van der Waals surface area contributed by atoms with Crippen LogP contribution in [0.5, 0.6) is 0 Å². The van der Waals surface area contributed by atoms with Crippen LogP contribution in [-0.2, 0) is 23.6 Å². The second kappa shape index (κ2) is 9.67. The number of hydrogen-bond acceptors (Lipinski definition) is 8. The van der Waals surface area contributed by atoms with E-state index in [1.165, 1.54) is 11.3 Å². The second-order valence-corrected chi connectivity index (χ2v) is 12.8. The normalized spacial score (nSPS) is 17.0. The van der Waals surface area contributed by atoms with E-state index in [0.717, 1.165) is 65.3 Å². The predicted octanol–water partition coefficient (Wildman–Crippen LogP) is 3.27. The topological polar surface area (TPSA) is 109 Å². The van der Waals surface area contributed by atoms with Gasteiger partial charge < -0.3 is 10.6 Å². The molecule has 4 aromatic heterocycles. The Kier molecular flexibility index (Phi) is 6.35. The van der Waals surface area contributed by atoms with Crippen LogP contribution in [0.2, 0.25) is 0 Å². The molecule has 2 aliphatic rings.